The molecule has 31 heteroatoms. The summed E-state index contributed by atoms with van der Waals surface area (Å²) in [4.78, 5) is 0. The third-order valence-corrected chi connectivity index (χ3v) is 0.783. The van der Waals surface area contributed by atoms with Crippen molar-refractivity contribution in [2.75, 3.05) is 0 Å². The summed E-state index contributed by atoms with van der Waals surface area (Å²) in [6, 6.07) is 0. The van der Waals surface area contributed by atoms with Gasteiger partial charge in [-0.2, -0.15) is 0 Å². The minimum absolute atomic E-state index is 2.87. The van der Waals surface area contributed by atoms with Gasteiger partial charge in [0.25, 0.3) is 0 Å². The fourth-order valence-corrected chi connectivity index (χ4v) is 0.308. The minimum atomic E-state index is 2.87. The summed E-state index contributed by atoms with van der Waals surface area (Å²) in [7, 11) is 0. The SMILES string of the molecule is OOOOOOOOOOOOOOOOOOOOOOOOOOOOOOO. The molecule has 0 aliphatic rings. The van der Waals surface area contributed by atoms with E-state index in [1.54, 1.807) is 0 Å². The topological polar surface area (TPSA) is 308 Å². The second-order valence-corrected chi connectivity index (χ2v) is 1.99. The zero-order valence-corrected chi connectivity index (χ0v) is 12.7. The van der Waals surface area contributed by atoms with Crippen LogP contribution in [0.25, 0.3) is 0 Å². The molecule has 0 rings (SSSR count). The van der Waals surface area contributed by atoms with Gasteiger partial charge in [-0.1, -0.05) is 0 Å². The Morgan fingerprint density at radius 1 is 0.161 bits per heavy atom. The van der Waals surface area contributed by atoms with E-state index in [4.69, 9.17) is 10.5 Å². The van der Waals surface area contributed by atoms with Crippen LogP contribution < -0.4 is 0 Å². The second kappa shape index (κ2) is 28.8. The van der Waals surface area contributed by atoms with Crippen LogP contribution in [0.4, 0.5) is 0 Å². The molecule has 0 aromatic heterocycles. The average Bonchev–Trinajstić information content (AvgIpc) is 2.78. The van der Waals surface area contributed by atoms with Crippen molar-refractivity contribution < 1.29 is 157 Å². The number of hydrogen-bond acceptors (Lipinski definition) is 31. The molecule has 31 heavy (non-hydrogen) atoms. The summed E-state index contributed by atoms with van der Waals surface area (Å²) in [6.45, 7) is 0. The monoisotopic (exact) mass is 498 g/mol. The zero-order chi connectivity index (χ0) is 22.5. The van der Waals surface area contributed by atoms with Gasteiger partial charge in [0.2, 0.25) is 0 Å². The van der Waals surface area contributed by atoms with E-state index in [2.05, 4.69) is 146 Å². The fraction of sp³-hybridized carbons (Fsp3) is 0. The third kappa shape index (κ3) is 28.8. The maximum absolute atomic E-state index is 7.53. The van der Waals surface area contributed by atoms with Crippen LogP contribution in [-0.2, 0) is 146 Å². The molecule has 31 nitrogen and oxygen atoms in total. The quantitative estimate of drug-likeness (QED) is 0.0671. The minimum Gasteiger partial charge on any atom is -0.219 e. The molecule has 0 atom stereocenters. The van der Waals surface area contributed by atoms with Crippen LogP contribution in [0.3, 0.4) is 0 Å². The molecule has 0 radical (unpaired) electrons. The molecule has 0 aliphatic heterocycles. The van der Waals surface area contributed by atoms with Crippen molar-refractivity contribution in [3.8, 4) is 0 Å². The Bertz CT molecular complexity index is 254. The molecule has 0 aliphatic carbocycles. The molecule has 0 aromatic carbocycles. The molecule has 0 spiro atoms. The molecule has 0 aromatic rings. The first kappa shape index (κ1) is 29.8. The standard InChI is InChI=1S/H2O31/c1-3-5-7-9-11-13-15-17-19-21-23-25-27-29-31-30-28-26-24-22-20-18-16-14-12-10-8-6-4-2/h1-2H. The van der Waals surface area contributed by atoms with Gasteiger partial charge < -0.3 is 0 Å². The highest BCUT2D eigenvalue weighted by atomic mass is 18.0. The van der Waals surface area contributed by atoms with E-state index in [9.17, 15) is 0 Å². The number of hydrogen-bond donors (Lipinski definition) is 2. The molecule has 0 fully saturated rings. The second-order valence-electron chi connectivity index (χ2n) is 1.99. The summed E-state index contributed by atoms with van der Waals surface area (Å²) in [6.07, 6.45) is 0. The Labute approximate surface area is 158 Å². The first-order valence-corrected chi connectivity index (χ1v) is 5.03. The van der Waals surface area contributed by atoms with E-state index in [0.717, 1.165) is 0 Å². The van der Waals surface area contributed by atoms with Gasteiger partial charge in [-0.3, -0.25) is 0 Å². The molecule has 0 unspecified atom stereocenters. The van der Waals surface area contributed by atoms with E-state index in [0.29, 0.717) is 0 Å². The van der Waals surface area contributed by atoms with Crippen LogP contribution in [0.2, 0.25) is 0 Å². The van der Waals surface area contributed by atoms with Gasteiger partial charge in [-0.25, -0.2) is 10.5 Å². The van der Waals surface area contributed by atoms with Gasteiger partial charge in [-0.15, -0.1) is 0 Å². The normalized spacial score (nSPS) is 11.4. The van der Waals surface area contributed by atoms with E-state index in [1.165, 1.54) is 0 Å². The van der Waals surface area contributed by atoms with Gasteiger partial charge in [0.05, 0.1) is 0 Å². The van der Waals surface area contributed by atoms with E-state index < -0.39 is 0 Å². The highest BCUT2D eigenvalue weighted by Gasteiger charge is 2.01. The van der Waals surface area contributed by atoms with Crippen LogP contribution >= 0.6 is 0 Å². The maximum Gasteiger partial charge on any atom is 0 e. The Kier molecular flexibility index (Phi) is 27.6. The Balaban J connectivity index is 2.98. The summed E-state index contributed by atoms with van der Waals surface area (Å²) in [5.41, 5.74) is 0. The number of rotatable bonds is 28. The summed E-state index contributed by atoms with van der Waals surface area (Å²) >= 11 is 0. The molecular weight excluding hydrogens is 496 g/mol. The first-order valence-electron chi connectivity index (χ1n) is 5.03. The van der Waals surface area contributed by atoms with Crippen LogP contribution in [0.1, 0.15) is 0 Å². The molecule has 0 saturated carbocycles. The first-order chi connectivity index (χ1) is 15.4. The Hall–Kier alpha value is -1.24. The molecule has 0 amide bonds. The van der Waals surface area contributed by atoms with Gasteiger partial charge in [0, 0.05) is 65.5 Å². The molecule has 0 saturated heterocycles. The van der Waals surface area contributed by atoms with Gasteiger partial charge in [-0.05, 0) is 80.6 Å². The molecule has 2 N–H and O–H groups in total. The van der Waals surface area contributed by atoms with Crippen LogP contribution in [-0.4, -0.2) is 10.5 Å². The van der Waals surface area contributed by atoms with E-state index >= 15 is 0 Å². The van der Waals surface area contributed by atoms with Crippen LogP contribution in [0.5, 0.6) is 0 Å². The summed E-state index contributed by atoms with van der Waals surface area (Å²) < 4.78 is 0. The highest BCUT2D eigenvalue weighted by molar-refractivity contribution is 3.10. The van der Waals surface area contributed by atoms with E-state index in [1.807, 2.05) is 0 Å². The van der Waals surface area contributed by atoms with Crippen molar-refractivity contribution in [2.45, 2.75) is 0 Å². The Morgan fingerprint density at radius 2 is 0.258 bits per heavy atom. The lowest BCUT2D eigenvalue weighted by Crippen LogP contribution is -2.06. The van der Waals surface area contributed by atoms with Crippen molar-refractivity contribution in [3.05, 3.63) is 0 Å². The Morgan fingerprint density at radius 3 is 0.355 bits per heavy atom. The largest absolute Gasteiger partial charge is 0.219 e. The fourth-order valence-electron chi connectivity index (χ4n) is 0.308. The van der Waals surface area contributed by atoms with Gasteiger partial charge >= 0.3 is 0 Å². The molecular formula is H2O31. The average molecular weight is 498 g/mol. The van der Waals surface area contributed by atoms with Crippen molar-refractivity contribution in [3.63, 3.8) is 0 Å². The van der Waals surface area contributed by atoms with E-state index in [-0.39, 0.29) is 0 Å². The molecule has 0 bridgehead atoms. The maximum atomic E-state index is 7.53. The van der Waals surface area contributed by atoms with Crippen LogP contribution in [0, 0.1) is 0 Å². The van der Waals surface area contributed by atoms with Crippen LogP contribution in [0.15, 0.2) is 0 Å². The smallest absolute Gasteiger partial charge is 0 e. The lowest BCUT2D eigenvalue weighted by atomic mass is 14.0. The summed E-state index contributed by atoms with van der Waals surface area (Å²) in [5.74, 6) is 0. The van der Waals surface area contributed by atoms with Crippen molar-refractivity contribution in [1.82, 2.24) is 0 Å². The zero-order valence-electron chi connectivity index (χ0n) is 12.7. The lowest BCUT2D eigenvalue weighted by molar-refractivity contribution is -0.905. The highest BCUT2D eigenvalue weighted by Crippen LogP contribution is 1.95. The van der Waals surface area contributed by atoms with Crippen molar-refractivity contribution in [1.29, 1.82) is 0 Å². The summed E-state index contributed by atoms with van der Waals surface area (Å²) in [5, 5.41) is 114. The predicted molar refractivity (Wildman–Crippen MR) is 36.7 cm³/mol. The van der Waals surface area contributed by atoms with Crippen molar-refractivity contribution >= 4 is 0 Å². The van der Waals surface area contributed by atoms with Gasteiger partial charge in [0.1, 0.15) is 0 Å². The third-order valence-electron chi connectivity index (χ3n) is 0.783. The molecule has 188 valence electrons. The predicted octanol–water partition coefficient (Wildman–Crippen LogP) is -1.97. The van der Waals surface area contributed by atoms with Gasteiger partial charge in [0.15, 0.2) is 0 Å². The van der Waals surface area contributed by atoms with Crippen molar-refractivity contribution in [2.24, 2.45) is 0 Å². The lowest BCUT2D eigenvalue weighted by Gasteiger charge is -1.99. The molecule has 0 heterocycles.